The van der Waals surface area contributed by atoms with Crippen LogP contribution < -0.4 is 9.88 Å². The highest BCUT2D eigenvalue weighted by molar-refractivity contribution is 7.89. The fourth-order valence-corrected chi connectivity index (χ4v) is 3.56. The third-order valence-corrected chi connectivity index (χ3v) is 5.50. The van der Waals surface area contributed by atoms with E-state index in [-0.39, 0.29) is 16.5 Å². The SMILES string of the molecule is NS(=O)(=O)c1ccc(N=Nc2c(O)[nH]c3cccc(OCCc4ccncc4)c23)cc1. The predicted octanol–water partition coefficient (Wildman–Crippen LogP) is 3.95. The van der Waals surface area contributed by atoms with Crippen LogP contribution in [-0.4, -0.2) is 30.1 Å². The molecule has 0 saturated heterocycles. The molecule has 0 aliphatic carbocycles. The molecular weight excluding hydrogens is 418 g/mol. The van der Waals surface area contributed by atoms with E-state index in [1.54, 1.807) is 24.5 Å². The van der Waals surface area contributed by atoms with Gasteiger partial charge in [-0.25, -0.2) is 13.6 Å². The summed E-state index contributed by atoms with van der Waals surface area (Å²) in [7, 11) is -3.79. The van der Waals surface area contributed by atoms with Crippen LogP contribution in [0.2, 0.25) is 0 Å². The molecule has 31 heavy (non-hydrogen) atoms. The number of aromatic hydroxyl groups is 1. The lowest BCUT2D eigenvalue weighted by atomic mass is 10.2. The Bertz CT molecular complexity index is 1330. The Morgan fingerprint density at radius 2 is 1.77 bits per heavy atom. The minimum Gasteiger partial charge on any atom is -0.493 e. The Hall–Kier alpha value is -3.76. The third-order valence-electron chi connectivity index (χ3n) is 4.57. The standard InChI is InChI=1S/C21H19N5O4S/c22-31(28,29)16-6-4-15(5-7-16)25-26-20-19-17(24-21(20)27)2-1-3-18(19)30-13-10-14-8-11-23-12-9-14/h1-9,11-12,24,27H,10,13H2,(H2,22,28,29). The number of nitrogens with one attached hydrogen (secondary N) is 1. The van der Waals surface area contributed by atoms with Gasteiger partial charge in [0, 0.05) is 18.8 Å². The summed E-state index contributed by atoms with van der Waals surface area (Å²) in [5.41, 5.74) is 2.38. The van der Waals surface area contributed by atoms with Gasteiger partial charge < -0.3 is 14.8 Å². The van der Waals surface area contributed by atoms with Gasteiger partial charge in [-0.3, -0.25) is 4.98 Å². The molecule has 0 radical (unpaired) electrons. The van der Waals surface area contributed by atoms with Crippen molar-refractivity contribution in [3.05, 3.63) is 72.6 Å². The number of hydrogen-bond donors (Lipinski definition) is 3. The third kappa shape index (κ3) is 4.71. The van der Waals surface area contributed by atoms with E-state index >= 15 is 0 Å². The van der Waals surface area contributed by atoms with E-state index in [1.165, 1.54) is 24.3 Å². The van der Waals surface area contributed by atoms with Gasteiger partial charge in [0.25, 0.3) is 0 Å². The molecule has 0 atom stereocenters. The fraction of sp³-hybridized carbons (Fsp3) is 0.0952. The van der Waals surface area contributed by atoms with Crippen LogP contribution in [0.4, 0.5) is 11.4 Å². The zero-order valence-electron chi connectivity index (χ0n) is 16.3. The Morgan fingerprint density at radius 1 is 1.03 bits per heavy atom. The second-order valence-corrected chi connectivity index (χ2v) is 8.26. The maximum atomic E-state index is 11.4. The van der Waals surface area contributed by atoms with Gasteiger partial charge in [0.1, 0.15) is 5.75 Å². The topological polar surface area (TPSA) is 143 Å². The summed E-state index contributed by atoms with van der Waals surface area (Å²) in [5.74, 6) is 0.409. The summed E-state index contributed by atoms with van der Waals surface area (Å²) in [4.78, 5) is 6.83. The van der Waals surface area contributed by atoms with Crippen LogP contribution in [0.5, 0.6) is 11.6 Å². The number of azo groups is 1. The predicted molar refractivity (Wildman–Crippen MR) is 115 cm³/mol. The van der Waals surface area contributed by atoms with Crippen molar-refractivity contribution in [2.24, 2.45) is 15.4 Å². The Labute approximate surface area is 178 Å². The normalized spacial score (nSPS) is 11.9. The molecule has 0 aliphatic rings. The molecule has 9 nitrogen and oxygen atoms in total. The van der Waals surface area contributed by atoms with Crippen molar-refractivity contribution >= 4 is 32.3 Å². The number of sulfonamides is 1. The number of benzene rings is 2. The molecule has 0 amide bonds. The van der Waals surface area contributed by atoms with E-state index in [1.807, 2.05) is 18.2 Å². The number of H-pyrrole nitrogens is 1. The van der Waals surface area contributed by atoms with E-state index < -0.39 is 10.0 Å². The maximum absolute atomic E-state index is 11.4. The number of ether oxygens (including phenoxy) is 1. The van der Waals surface area contributed by atoms with Crippen molar-refractivity contribution < 1.29 is 18.3 Å². The summed E-state index contributed by atoms with van der Waals surface area (Å²) in [6.45, 7) is 0.431. The van der Waals surface area contributed by atoms with E-state index in [0.29, 0.717) is 35.4 Å². The monoisotopic (exact) mass is 437 g/mol. The molecule has 0 aliphatic heterocycles. The molecule has 4 aromatic rings. The highest BCUT2D eigenvalue weighted by Gasteiger charge is 2.15. The van der Waals surface area contributed by atoms with E-state index in [9.17, 15) is 13.5 Å². The summed E-state index contributed by atoms with van der Waals surface area (Å²) in [6, 6.07) is 14.9. The lowest BCUT2D eigenvalue weighted by Crippen LogP contribution is -2.11. The molecule has 0 saturated carbocycles. The number of aromatic nitrogens is 2. The van der Waals surface area contributed by atoms with Crippen LogP contribution >= 0.6 is 0 Å². The van der Waals surface area contributed by atoms with Crippen molar-refractivity contribution in [1.29, 1.82) is 0 Å². The number of nitrogens with zero attached hydrogens (tertiary/aromatic N) is 3. The van der Waals surface area contributed by atoms with Crippen molar-refractivity contribution in [2.45, 2.75) is 11.3 Å². The minimum atomic E-state index is -3.79. The van der Waals surface area contributed by atoms with Crippen molar-refractivity contribution in [3.8, 4) is 11.6 Å². The first-order valence-corrected chi connectivity index (χ1v) is 10.9. The molecular formula is C21H19N5O4S. The summed E-state index contributed by atoms with van der Waals surface area (Å²) in [5, 5.41) is 24.3. The molecule has 4 N–H and O–H groups in total. The highest BCUT2D eigenvalue weighted by Crippen LogP contribution is 2.41. The molecule has 0 spiro atoms. The molecule has 4 rings (SSSR count). The Morgan fingerprint density at radius 3 is 2.48 bits per heavy atom. The largest absolute Gasteiger partial charge is 0.493 e. The van der Waals surface area contributed by atoms with Gasteiger partial charge >= 0.3 is 0 Å². The Kier molecular flexibility index (Phi) is 5.65. The van der Waals surface area contributed by atoms with Crippen LogP contribution in [0.3, 0.4) is 0 Å². The molecule has 2 heterocycles. The van der Waals surface area contributed by atoms with E-state index in [2.05, 4.69) is 20.2 Å². The molecule has 2 aromatic carbocycles. The first-order chi connectivity index (χ1) is 14.9. The molecule has 0 fully saturated rings. The van der Waals surface area contributed by atoms with Gasteiger partial charge in [-0.05, 0) is 54.1 Å². The lowest BCUT2D eigenvalue weighted by molar-refractivity contribution is 0.326. The second kappa shape index (κ2) is 8.54. The van der Waals surface area contributed by atoms with Crippen LogP contribution in [0.15, 0.2) is 82.1 Å². The smallest absolute Gasteiger partial charge is 0.238 e. The van der Waals surface area contributed by atoms with E-state index in [4.69, 9.17) is 9.88 Å². The van der Waals surface area contributed by atoms with Gasteiger partial charge in [0.15, 0.2) is 5.69 Å². The number of hydrogen-bond acceptors (Lipinski definition) is 7. The number of pyridine rings is 1. The number of primary sulfonamides is 1. The van der Waals surface area contributed by atoms with Crippen molar-refractivity contribution in [1.82, 2.24) is 9.97 Å². The molecule has 0 bridgehead atoms. The van der Waals surface area contributed by atoms with Gasteiger partial charge in [0.2, 0.25) is 15.9 Å². The summed E-state index contributed by atoms with van der Waals surface area (Å²) < 4.78 is 28.7. The molecule has 158 valence electrons. The molecule has 2 aromatic heterocycles. The zero-order chi connectivity index (χ0) is 21.8. The van der Waals surface area contributed by atoms with Gasteiger partial charge in [-0.1, -0.05) is 6.07 Å². The number of aromatic amines is 1. The Balaban J connectivity index is 1.59. The number of fused-ring (bicyclic) bond motifs is 1. The number of rotatable bonds is 7. The average molecular weight is 437 g/mol. The van der Waals surface area contributed by atoms with Crippen LogP contribution in [0.1, 0.15) is 5.56 Å². The summed E-state index contributed by atoms with van der Waals surface area (Å²) >= 11 is 0. The highest BCUT2D eigenvalue weighted by atomic mass is 32.2. The first kappa shape index (κ1) is 20.5. The van der Waals surface area contributed by atoms with Crippen molar-refractivity contribution in [3.63, 3.8) is 0 Å². The van der Waals surface area contributed by atoms with Crippen molar-refractivity contribution in [2.75, 3.05) is 6.61 Å². The average Bonchev–Trinajstić information content (AvgIpc) is 3.08. The van der Waals surface area contributed by atoms with Crippen LogP contribution in [0.25, 0.3) is 10.9 Å². The lowest BCUT2D eigenvalue weighted by Gasteiger charge is -2.08. The molecule has 10 heteroatoms. The summed E-state index contributed by atoms with van der Waals surface area (Å²) in [6.07, 6.45) is 4.16. The first-order valence-electron chi connectivity index (χ1n) is 9.32. The quantitative estimate of drug-likeness (QED) is 0.375. The second-order valence-electron chi connectivity index (χ2n) is 6.69. The van der Waals surface area contributed by atoms with Gasteiger partial charge in [-0.2, -0.15) is 5.11 Å². The zero-order valence-corrected chi connectivity index (χ0v) is 17.1. The molecule has 0 unspecified atom stereocenters. The van der Waals surface area contributed by atoms with Crippen LogP contribution in [-0.2, 0) is 16.4 Å². The van der Waals surface area contributed by atoms with E-state index in [0.717, 1.165) is 5.56 Å². The van der Waals surface area contributed by atoms with Gasteiger partial charge in [0.05, 0.1) is 28.1 Å². The van der Waals surface area contributed by atoms with Crippen LogP contribution in [0, 0.1) is 0 Å². The van der Waals surface area contributed by atoms with Gasteiger partial charge in [-0.15, -0.1) is 5.11 Å². The number of nitrogens with two attached hydrogens (primary N) is 1. The fourth-order valence-electron chi connectivity index (χ4n) is 3.04. The maximum Gasteiger partial charge on any atom is 0.238 e. The minimum absolute atomic E-state index is 0.0220.